The van der Waals surface area contributed by atoms with Gasteiger partial charge in [0.15, 0.2) is 0 Å². The zero-order chi connectivity index (χ0) is 9.47. The number of hydrogen-bond acceptors (Lipinski definition) is 3. The molecule has 1 aliphatic rings. The Labute approximate surface area is 77.6 Å². The Morgan fingerprint density at radius 2 is 2.38 bits per heavy atom. The summed E-state index contributed by atoms with van der Waals surface area (Å²) in [6.45, 7) is 6.23. The maximum Gasteiger partial charge on any atom is 0.123 e. The van der Waals surface area contributed by atoms with E-state index in [0.717, 1.165) is 31.2 Å². The highest BCUT2D eigenvalue weighted by atomic mass is 16.3. The summed E-state index contributed by atoms with van der Waals surface area (Å²) in [6, 6.07) is 0. The van der Waals surface area contributed by atoms with Gasteiger partial charge in [-0.15, -0.1) is 0 Å². The fraction of sp³-hybridized carbons (Fsp3) is 0.667. The molecule has 72 valence electrons. The predicted molar refractivity (Wildman–Crippen MR) is 49.2 cm³/mol. The van der Waals surface area contributed by atoms with E-state index in [4.69, 9.17) is 0 Å². The Kier molecular flexibility index (Phi) is 1.89. The van der Waals surface area contributed by atoms with Crippen LogP contribution in [-0.2, 0) is 18.7 Å². The van der Waals surface area contributed by atoms with Crippen molar-refractivity contribution in [2.45, 2.75) is 32.5 Å². The summed E-state index contributed by atoms with van der Waals surface area (Å²) in [4.78, 5) is 4.26. The highest BCUT2D eigenvalue weighted by Gasteiger charge is 2.24. The largest absolute Gasteiger partial charge is 0.384 e. The van der Waals surface area contributed by atoms with Crippen LogP contribution in [0.4, 0.5) is 0 Å². The van der Waals surface area contributed by atoms with E-state index in [2.05, 4.69) is 14.9 Å². The van der Waals surface area contributed by atoms with Crippen LogP contribution in [0.3, 0.4) is 0 Å². The van der Waals surface area contributed by atoms with Crippen LogP contribution in [0.5, 0.6) is 0 Å². The van der Waals surface area contributed by atoms with Gasteiger partial charge in [0, 0.05) is 13.1 Å². The van der Waals surface area contributed by atoms with Crippen molar-refractivity contribution in [3.05, 3.63) is 17.7 Å². The van der Waals surface area contributed by atoms with E-state index in [0.29, 0.717) is 0 Å². The Bertz CT molecular complexity index is 311. The molecule has 4 nitrogen and oxygen atoms in total. The Morgan fingerprint density at radius 1 is 1.62 bits per heavy atom. The normalized spacial score (nSPS) is 17.2. The molecule has 1 aromatic rings. The molecule has 0 saturated carbocycles. The predicted octanol–water partition coefficient (Wildman–Crippen LogP) is 0.214. The first-order chi connectivity index (χ1) is 6.09. The fourth-order valence-electron chi connectivity index (χ4n) is 1.68. The zero-order valence-corrected chi connectivity index (χ0v) is 8.04. The number of nitrogens with one attached hydrogen (secondary N) is 1. The number of fused-ring (bicyclic) bond motifs is 1. The van der Waals surface area contributed by atoms with Gasteiger partial charge in [-0.1, -0.05) is 0 Å². The summed E-state index contributed by atoms with van der Waals surface area (Å²) in [5, 5.41) is 13.1. The second-order valence-corrected chi connectivity index (χ2v) is 3.95. The van der Waals surface area contributed by atoms with E-state index < -0.39 is 5.60 Å². The van der Waals surface area contributed by atoms with Crippen LogP contribution in [0.1, 0.15) is 25.4 Å². The number of aliphatic hydroxyl groups is 1. The molecule has 0 aliphatic carbocycles. The molecule has 0 amide bonds. The van der Waals surface area contributed by atoms with Crippen molar-refractivity contribution in [1.29, 1.82) is 0 Å². The van der Waals surface area contributed by atoms with Gasteiger partial charge in [0.25, 0.3) is 0 Å². The van der Waals surface area contributed by atoms with Crippen molar-refractivity contribution in [1.82, 2.24) is 14.9 Å². The van der Waals surface area contributed by atoms with E-state index in [1.165, 1.54) is 0 Å². The molecule has 0 spiro atoms. The van der Waals surface area contributed by atoms with E-state index in [9.17, 15) is 5.11 Å². The van der Waals surface area contributed by atoms with Crippen molar-refractivity contribution in [3.8, 4) is 0 Å². The van der Waals surface area contributed by atoms with Crippen LogP contribution in [-0.4, -0.2) is 21.2 Å². The molecule has 0 saturated heterocycles. The average molecular weight is 181 g/mol. The molecule has 2 N–H and O–H groups in total. The minimum Gasteiger partial charge on any atom is -0.384 e. The van der Waals surface area contributed by atoms with Gasteiger partial charge < -0.3 is 15.0 Å². The lowest BCUT2D eigenvalue weighted by atomic mass is 10.1. The SMILES string of the molecule is CC(C)(O)c1cnc2n1CCNC2. The van der Waals surface area contributed by atoms with E-state index in [1.807, 2.05) is 0 Å². The third-order valence-corrected chi connectivity index (χ3v) is 2.36. The number of imidazole rings is 1. The molecule has 1 aliphatic heterocycles. The van der Waals surface area contributed by atoms with Gasteiger partial charge in [0.2, 0.25) is 0 Å². The van der Waals surface area contributed by atoms with Crippen LogP contribution in [0.25, 0.3) is 0 Å². The molecule has 0 fully saturated rings. The third kappa shape index (κ3) is 1.47. The van der Waals surface area contributed by atoms with Crippen molar-refractivity contribution in [3.63, 3.8) is 0 Å². The monoisotopic (exact) mass is 181 g/mol. The standard InChI is InChI=1S/C9H15N3O/c1-9(2,13)7-5-11-8-6-10-3-4-12(7)8/h5,10,13H,3-4,6H2,1-2H3. The van der Waals surface area contributed by atoms with Gasteiger partial charge in [0.1, 0.15) is 11.4 Å². The summed E-state index contributed by atoms with van der Waals surface area (Å²) in [5.74, 6) is 1.02. The second-order valence-electron chi connectivity index (χ2n) is 3.95. The quantitative estimate of drug-likeness (QED) is 0.651. The summed E-state index contributed by atoms with van der Waals surface area (Å²) in [7, 11) is 0. The minimum atomic E-state index is -0.789. The van der Waals surface area contributed by atoms with Gasteiger partial charge >= 0.3 is 0 Å². The van der Waals surface area contributed by atoms with Gasteiger partial charge in [0.05, 0.1) is 18.4 Å². The van der Waals surface area contributed by atoms with E-state index >= 15 is 0 Å². The van der Waals surface area contributed by atoms with Gasteiger partial charge in [-0.05, 0) is 13.8 Å². The summed E-state index contributed by atoms with van der Waals surface area (Å²) in [6.07, 6.45) is 1.77. The number of nitrogens with zero attached hydrogens (tertiary/aromatic N) is 2. The Morgan fingerprint density at radius 3 is 3.08 bits per heavy atom. The smallest absolute Gasteiger partial charge is 0.123 e. The highest BCUT2D eigenvalue weighted by molar-refractivity contribution is 5.13. The summed E-state index contributed by atoms with van der Waals surface area (Å²) < 4.78 is 2.09. The lowest BCUT2D eigenvalue weighted by molar-refractivity contribution is 0.0689. The lowest BCUT2D eigenvalue weighted by Crippen LogP contribution is -2.32. The van der Waals surface area contributed by atoms with Crippen LogP contribution >= 0.6 is 0 Å². The molecule has 0 unspecified atom stereocenters. The minimum absolute atomic E-state index is 0.789. The molecular formula is C9H15N3O. The van der Waals surface area contributed by atoms with E-state index in [-0.39, 0.29) is 0 Å². The first-order valence-corrected chi connectivity index (χ1v) is 4.57. The summed E-state index contributed by atoms with van der Waals surface area (Å²) >= 11 is 0. The molecule has 0 radical (unpaired) electrons. The van der Waals surface area contributed by atoms with Gasteiger partial charge in [-0.2, -0.15) is 0 Å². The lowest BCUT2D eigenvalue weighted by Gasteiger charge is -2.23. The van der Waals surface area contributed by atoms with E-state index in [1.54, 1.807) is 20.0 Å². The van der Waals surface area contributed by atoms with Gasteiger partial charge in [-0.25, -0.2) is 4.98 Å². The molecule has 0 aromatic carbocycles. The van der Waals surface area contributed by atoms with Crippen molar-refractivity contribution in [2.24, 2.45) is 0 Å². The van der Waals surface area contributed by atoms with Crippen molar-refractivity contribution < 1.29 is 5.11 Å². The third-order valence-electron chi connectivity index (χ3n) is 2.36. The Balaban J connectivity index is 2.43. The molecule has 0 bridgehead atoms. The van der Waals surface area contributed by atoms with Crippen LogP contribution < -0.4 is 5.32 Å². The highest BCUT2D eigenvalue weighted by Crippen LogP contribution is 2.21. The maximum absolute atomic E-state index is 9.85. The van der Waals surface area contributed by atoms with Gasteiger partial charge in [-0.3, -0.25) is 0 Å². The molecule has 2 heterocycles. The first kappa shape index (κ1) is 8.72. The molecule has 1 aromatic heterocycles. The summed E-state index contributed by atoms with van der Waals surface area (Å²) in [5.41, 5.74) is 0.117. The molecule has 2 rings (SSSR count). The maximum atomic E-state index is 9.85. The second kappa shape index (κ2) is 2.82. The van der Waals surface area contributed by atoms with Crippen molar-refractivity contribution >= 4 is 0 Å². The number of aromatic nitrogens is 2. The van der Waals surface area contributed by atoms with Crippen molar-refractivity contribution in [2.75, 3.05) is 6.54 Å². The zero-order valence-electron chi connectivity index (χ0n) is 8.04. The molecule has 4 heteroatoms. The number of rotatable bonds is 1. The Hall–Kier alpha value is -0.870. The number of hydrogen-bond donors (Lipinski definition) is 2. The van der Waals surface area contributed by atoms with Crippen LogP contribution in [0.2, 0.25) is 0 Å². The van der Waals surface area contributed by atoms with Crippen LogP contribution in [0.15, 0.2) is 6.20 Å². The topological polar surface area (TPSA) is 50.1 Å². The first-order valence-electron chi connectivity index (χ1n) is 4.57. The molecular weight excluding hydrogens is 166 g/mol. The average Bonchev–Trinajstić information content (AvgIpc) is 2.45. The molecule has 13 heavy (non-hydrogen) atoms. The van der Waals surface area contributed by atoms with Crippen LogP contribution in [0, 0.1) is 0 Å². The fourth-order valence-corrected chi connectivity index (χ4v) is 1.68. The molecule has 0 atom stereocenters.